The standard InChI is InChI=1S/C24H24F2N6O5/c1-13-12-37-21-18(26)16(25)9-14-19(21)32(13)10-15(20(14)34)22(35)29-17(11-33)23(36)30-5-7-31(8-6-30)24-27-3-2-4-28-24/h2-4,9-10,13,17,33H,5-8,11-12H2,1H3,(H,29,35). The lowest BCUT2D eigenvalue weighted by Gasteiger charge is -2.36. The van der Waals surface area contributed by atoms with Crippen molar-refractivity contribution in [3.8, 4) is 5.75 Å². The van der Waals surface area contributed by atoms with Gasteiger partial charge in [-0.05, 0) is 19.1 Å². The molecule has 2 aliphatic rings. The molecule has 11 nitrogen and oxygen atoms in total. The van der Waals surface area contributed by atoms with E-state index in [9.17, 15) is 28.3 Å². The molecule has 2 amide bonds. The Morgan fingerprint density at radius 2 is 1.92 bits per heavy atom. The van der Waals surface area contributed by atoms with E-state index in [1.807, 2.05) is 4.90 Å². The molecular weight excluding hydrogens is 490 g/mol. The summed E-state index contributed by atoms with van der Waals surface area (Å²) in [5.41, 5.74) is -1.16. The number of halogens is 2. The van der Waals surface area contributed by atoms with E-state index in [0.717, 1.165) is 6.07 Å². The van der Waals surface area contributed by atoms with Crippen LogP contribution in [0.3, 0.4) is 0 Å². The van der Waals surface area contributed by atoms with Gasteiger partial charge in [-0.3, -0.25) is 14.4 Å². The number of pyridine rings is 1. The summed E-state index contributed by atoms with van der Waals surface area (Å²) < 4.78 is 35.3. The minimum absolute atomic E-state index is 0.00412. The molecule has 5 rings (SSSR count). The molecule has 1 fully saturated rings. The Hall–Kier alpha value is -4.13. The van der Waals surface area contributed by atoms with Gasteiger partial charge in [-0.15, -0.1) is 0 Å². The average Bonchev–Trinajstić information content (AvgIpc) is 2.92. The fourth-order valence-corrected chi connectivity index (χ4v) is 4.58. The summed E-state index contributed by atoms with van der Waals surface area (Å²) in [5.74, 6) is -3.76. The number of carbonyl (C=O) groups excluding carboxylic acids is 2. The number of rotatable bonds is 5. The lowest BCUT2D eigenvalue weighted by molar-refractivity contribution is -0.134. The van der Waals surface area contributed by atoms with Crippen LogP contribution in [-0.2, 0) is 4.79 Å². The van der Waals surface area contributed by atoms with Gasteiger partial charge in [0.2, 0.25) is 23.1 Å². The maximum atomic E-state index is 14.3. The highest BCUT2D eigenvalue weighted by atomic mass is 19.2. The minimum Gasteiger partial charge on any atom is -0.486 e. The van der Waals surface area contributed by atoms with Gasteiger partial charge in [0.15, 0.2) is 11.6 Å². The van der Waals surface area contributed by atoms with Gasteiger partial charge in [-0.25, -0.2) is 14.4 Å². The first-order valence-electron chi connectivity index (χ1n) is 11.7. The van der Waals surface area contributed by atoms with Crippen molar-refractivity contribution in [2.75, 3.05) is 44.3 Å². The molecule has 2 N–H and O–H groups in total. The van der Waals surface area contributed by atoms with Gasteiger partial charge >= 0.3 is 0 Å². The van der Waals surface area contributed by atoms with E-state index in [1.54, 1.807) is 25.4 Å². The molecule has 2 aliphatic heterocycles. The quantitative estimate of drug-likeness (QED) is 0.503. The molecule has 0 aliphatic carbocycles. The minimum atomic E-state index is -1.30. The lowest BCUT2D eigenvalue weighted by Crippen LogP contribution is -2.56. The third kappa shape index (κ3) is 4.35. The van der Waals surface area contributed by atoms with Gasteiger partial charge in [0, 0.05) is 44.8 Å². The van der Waals surface area contributed by atoms with Gasteiger partial charge in [-0.1, -0.05) is 0 Å². The summed E-state index contributed by atoms with van der Waals surface area (Å²) in [6.07, 6.45) is 4.49. The molecular formula is C24H24F2N6O5. The fraction of sp³-hybridized carbons (Fsp3) is 0.375. The van der Waals surface area contributed by atoms with Gasteiger partial charge in [0.25, 0.3) is 5.91 Å². The van der Waals surface area contributed by atoms with E-state index < -0.39 is 41.5 Å². The molecule has 4 heterocycles. The molecule has 3 aromatic rings. The number of hydrogen-bond acceptors (Lipinski definition) is 8. The molecule has 0 spiro atoms. The molecule has 0 bridgehead atoms. The highest BCUT2D eigenvalue weighted by molar-refractivity contribution is 6.00. The van der Waals surface area contributed by atoms with Crippen molar-refractivity contribution in [3.05, 3.63) is 58.1 Å². The molecule has 2 atom stereocenters. The summed E-state index contributed by atoms with van der Waals surface area (Å²) in [7, 11) is 0. The number of piperazine rings is 1. The number of aromatic nitrogens is 3. The van der Waals surface area contributed by atoms with Crippen LogP contribution < -0.4 is 20.4 Å². The lowest BCUT2D eigenvalue weighted by atomic mass is 10.1. The van der Waals surface area contributed by atoms with Crippen LogP contribution in [0.4, 0.5) is 14.7 Å². The van der Waals surface area contributed by atoms with Crippen LogP contribution in [0.25, 0.3) is 10.9 Å². The maximum Gasteiger partial charge on any atom is 0.257 e. The van der Waals surface area contributed by atoms with Gasteiger partial charge in [-0.2, -0.15) is 4.39 Å². The Morgan fingerprint density at radius 1 is 1.22 bits per heavy atom. The van der Waals surface area contributed by atoms with Crippen molar-refractivity contribution in [3.63, 3.8) is 0 Å². The number of benzene rings is 1. The van der Waals surface area contributed by atoms with Crippen molar-refractivity contribution in [1.29, 1.82) is 0 Å². The number of nitrogens with zero attached hydrogens (tertiary/aromatic N) is 5. The smallest absolute Gasteiger partial charge is 0.257 e. The van der Waals surface area contributed by atoms with Crippen LogP contribution in [0.15, 0.2) is 35.5 Å². The summed E-state index contributed by atoms with van der Waals surface area (Å²) in [6, 6.07) is 0.753. The predicted molar refractivity (Wildman–Crippen MR) is 127 cm³/mol. The molecule has 1 aromatic carbocycles. The van der Waals surface area contributed by atoms with E-state index in [0.29, 0.717) is 32.1 Å². The Balaban J connectivity index is 1.36. The average molecular weight is 514 g/mol. The number of carbonyl (C=O) groups is 2. The molecule has 2 aromatic heterocycles. The predicted octanol–water partition coefficient (Wildman–Crippen LogP) is 0.463. The van der Waals surface area contributed by atoms with Crippen molar-refractivity contribution in [2.24, 2.45) is 0 Å². The summed E-state index contributed by atoms with van der Waals surface area (Å²) in [4.78, 5) is 51.1. The zero-order chi connectivity index (χ0) is 26.3. The Bertz CT molecular complexity index is 1420. The van der Waals surface area contributed by atoms with Crippen LogP contribution >= 0.6 is 0 Å². The summed E-state index contributed by atoms with van der Waals surface area (Å²) in [6.45, 7) is 2.60. The van der Waals surface area contributed by atoms with Gasteiger partial charge < -0.3 is 29.5 Å². The van der Waals surface area contributed by atoms with Crippen LogP contribution in [-0.4, -0.2) is 81.8 Å². The van der Waals surface area contributed by atoms with E-state index in [2.05, 4.69) is 15.3 Å². The van der Waals surface area contributed by atoms with Crippen molar-refractivity contribution in [1.82, 2.24) is 24.8 Å². The monoisotopic (exact) mass is 514 g/mol. The Morgan fingerprint density at radius 3 is 2.59 bits per heavy atom. The molecule has 37 heavy (non-hydrogen) atoms. The van der Waals surface area contributed by atoms with E-state index in [1.165, 1.54) is 15.7 Å². The highest BCUT2D eigenvalue weighted by Gasteiger charge is 2.32. The fourth-order valence-electron chi connectivity index (χ4n) is 4.58. The highest BCUT2D eigenvalue weighted by Crippen LogP contribution is 2.35. The second-order valence-corrected chi connectivity index (χ2v) is 8.91. The number of hydrogen-bond donors (Lipinski definition) is 2. The van der Waals surface area contributed by atoms with Crippen LogP contribution in [0, 0.1) is 11.6 Å². The summed E-state index contributed by atoms with van der Waals surface area (Å²) in [5, 5.41) is 12.1. The van der Waals surface area contributed by atoms with Gasteiger partial charge in [0.05, 0.1) is 23.6 Å². The zero-order valence-electron chi connectivity index (χ0n) is 19.9. The summed E-state index contributed by atoms with van der Waals surface area (Å²) >= 11 is 0. The number of ether oxygens (including phenoxy) is 1. The first-order chi connectivity index (χ1) is 17.8. The Labute approximate surface area is 209 Å². The number of amides is 2. The van der Waals surface area contributed by atoms with E-state index in [-0.39, 0.29) is 34.9 Å². The first-order valence-corrected chi connectivity index (χ1v) is 11.7. The maximum absolute atomic E-state index is 14.3. The number of nitrogens with one attached hydrogen (secondary N) is 1. The second kappa shape index (κ2) is 9.73. The number of aliphatic hydroxyl groups excluding tert-OH is 1. The first kappa shape index (κ1) is 24.6. The van der Waals surface area contributed by atoms with E-state index in [4.69, 9.17) is 4.74 Å². The zero-order valence-corrected chi connectivity index (χ0v) is 19.9. The molecule has 0 radical (unpaired) electrons. The van der Waals surface area contributed by atoms with Crippen molar-refractivity contribution >= 4 is 28.7 Å². The molecule has 0 saturated carbocycles. The molecule has 13 heteroatoms. The van der Waals surface area contributed by atoms with E-state index >= 15 is 0 Å². The van der Waals surface area contributed by atoms with Crippen LogP contribution in [0.1, 0.15) is 23.3 Å². The van der Waals surface area contributed by atoms with Crippen molar-refractivity contribution in [2.45, 2.75) is 19.0 Å². The third-order valence-corrected chi connectivity index (χ3v) is 6.57. The number of aliphatic hydroxyl groups is 1. The van der Waals surface area contributed by atoms with Crippen LogP contribution in [0.5, 0.6) is 5.75 Å². The topological polar surface area (TPSA) is 130 Å². The second-order valence-electron chi connectivity index (χ2n) is 8.91. The Kier molecular flexibility index (Phi) is 6.46. The normalized spacial score (nSPS) is 17.9. The number of anilines is 1. The van der Waals surface area contributed by atoms with Crippen molar-refractivity contribution < 1.29 is 28.2 Å². The largest absolute Gasteiger partial charge is 0.486 e. The molecule has 1 saturated heterocycles. The third-order valence-electron chi connectivity index (χ3n) is 6.57. The van der Waals surface area contributed by atoms with Gasteiger partial charge in [0.1, 0.15) is 18.2 Å². The van der Waals surface area contributed by atoms with Crippen LogP contribution in [0.2, 0.25) is 0 Å². The molecule has 194 valence electrons. The molecule has 2 unspecified atom stereocenters. The SMILES string of the molecule is CC1COc2c(F)c(F)cc3c(=O)c(C(=O)NC(CO)C(=O)N4CCN(c5ncccn5)CC4)cn1c23.